The third-order valence-corrected chi connectivity index (χ3v) is 4.56. The van der Waals surface area contributed by atoms with E-state index < -0.39 is 29.9 Å². The second-order valence-corrected chi connectivity index (χ2v) is 5.64. The largest absolute Gasteiger partial charge is 0.328 e. The second-order valence-electron chi connectivity index (χ2n) is 5.64. The van der Waals surface area contributed by atoms with E-state index in [4.69, 9.17) is 5.21 Å². The van der Waals surface area contributed by atoms with E-state index in [1.807, 2.05) is 24.3 Å². The first kappa shape index (κ1) is 14.5. The molecule has 0 aromatic heterocycles. The molecule has 0 saturated carbocycles. The summed E-state index contributed by atoms with van der Waals surface area (Å²) in [6.45, 7) is -0.484. The number of imide groups is 1. The lowest BCUT2D eigenvalue weighted by molar-refractivity contribution is -0.139. The van der Waals surface area contributed by atoms with Gasteiger partial charge < -0.3 is 4.90 Å². The zero-order valence-electron chi connectivity index (χ0n) is 12.2. The third kappa shape index (κ3) is 1.82. The van der Waals surface area contributed by atoms with E-state index in [0.29, 0.717) is 6.42 Å². The molecule has 7 heteroatoms. The molecule has 1 aliphatic heterocycles. The quantitative estimate of drug-likeness (QED) is 0.476. The number of amides is 4. The monoisotopic (exact) mass is 303 g/mol. The molecule has 1 heterocycles. The van der Waals surface area contributed by atoms with Gasteiger partial charge in [0.25, 0.3) is 11.8 Å². The smallest absolute Gasteiger partial charge is 0.308 e. The van der Waals surface area contributed by atoms with Crippen molar-refractivity contribution >= 4 is 17.8 Å². The van der Waals surface area contributed by atoms with Crippen LogP contribution >= 0.6 is 0 Å². The molecule has 4 amide bonds. The Labute approximate surface area is 127 Å². The number of aryl methyl sites for hydroxylation is 1. The maximum absolute atomic E-state index is 12.9. The highest BCUT2D eigenvalue weighted by Gasteiger charge is 2.58. The van der Waals surface area contributed by atoms with Crippen molar-refractivity contribution in [3.63, 3.8) is 0 Å². The summed E-state index contributed by atoms with van der Waals surface area (Å²) >= 11 is 0. The number of carbonyl (C=O) groups is 3. The van der Waals surface area contributed by atoms with Crippen molar-refractivity contribution in [2.75, 3.05) is 13.6 Å². The summed E-state index contributed by atoms with van der Waals surface area (Å²) in [5.74, 6) is -1.20. The van der Waals surface area contributed by atoms with Crippen LogP contribution < -0.4 is 5.48 Å². The molecule has 1 fully saturated rings. The lowest BCUT2D eigenvalue weighted by Gasteiger charge is -2.38. The zero-order valence-corrected chi connectivity index (χ0v) is 12.2. The number of hydrogen-bond donors (Lipinski definition) is 2. The number of nitrogens with zero attached hydrogens (tertiary/aromatic N) is 2. The maximum atomic E-state index is 12.9. The van der Waals surface area contributed by atoms with E-state index in [9.17, 15) is 14.4 Å². The summed E-state index contributed by atoms with van der Waals surface area (Å²) in [5, 5.41) is 8.63. The highest BCUT2D eigenvalue weighted by molar-refractivity contribution is 6.09. The fraction of sp³-hybridized carbons (Fsp3) is 0.400. The van der Waals surface area contributed by atoms with Gasteiger partial charge in [0, 0.05) is 7.05 Å². The van der Waals surface area contributed by atoms with Gasteiger partial charge in [0.2, 0.25) is 0 Å². The summed E-state index contributed by atoms with van der Waals surface area (Å²) < 4.78 is 0. The number of urea groups is 1. The van der Waals surface area contributed by atoms with Gasteiger partial charge in [-0.15, -0.1) is 0 Å². The van der Waals surface area contributed by atoms with Crippen LogP contribution in [-0.2, 0) is 21.5 Å². The number of benzene rings is 1. The van der Waals surface area contributed by atoms with Crippen molar-refractivity contribution in [3.8, 4) is 0 Å². The van der Waals surface area contributed by atoms with E-state index >= 15 is 0 Å². The molecule has 1 spiro atoms. The van der Waals surface area contributed by atoms with Crippen LogP contribution in [0.1, 0.15) is 24.0 Å². The highest BCUT2D eigenvalue weighted by Crippen LogP contribution is 2.44. The molecule has 116 valence electrons. The Kier molecular flexibility index (Phi) is 3.37. The van der Waals surface area contributed by atoms with Crippen LogP contribution in [0.25, 0.3) is 0 Å². The van der Waals surface area contributed by atoms with E-state index in [2.05, 4.69) is 0 Å². The Morgan fingerprint density at radius 2 is 2.09 bits per heavy atom. The molecule has 1 saturated heterocycles. The van der Waals surface area contributed by atoms with Crippen molar-refractivity contribution < 1.29 is 19.6 Å². The molecule has 22 heavy (non-hydrogen) atoms. The van der Waals surface area contributed by atoms with Crippen molar-refractivity contribution in [1.29, 1.82) is 0 Å². The summed E-state index contributed by atoms with van der Waals surface area (Å²) in [6, 6.07) is 7.07. The minimum Gasteiger partial charge on any atom is -0.308 e. The van der Waals surface area contributed by atoms with E-state index in [0.717, 1.165) is 28.9 Å². The van der Waals surface area contributed by atoms with Crippen LogP contribution in [0.15, 0.2) is 24.3 Å². The van der Waals surface area contributed by atoms with E-state index in [1.54, 1.807) is 7.05 Å². The first-order chi connectivity index (χ1) is 10.5. The van der Waals surface area contributed by atoms with Gasteiger partial charge >= 0.3 is 6.03 Å². The molecule has 1 aliphatic carbocycles. The fourth-order valence-corrected chi connectivity index (χ4v) is 3.50. The summed E-state index contributed by atoms with van der Waals surface area (Å²) in [5.41, 5.74) is 2.29. The van der Waals surface area contributed by atoms with E-state index in [1.165, 1.54) is 10.4 Å². The SMILES string of the molecule is CN1C(=O)N(CC(=O)NO)C(=O)C12CCCc1ccccc12. The van der Waals surface area contributed by atoms with Crippen LogP contribution in [0, 0.1) is 0 Å². The molecule has 3 rings (SSSR count). The molecular formula is C15H17N3O4. The summed E-state index contributed by atoms with van der Waals surface area (Å²) in [4.78, 5) is 39.0. The zero-order chi connectivity index (χ0) is 15.9. The normalized spacial score (nSPS) is 23.9. The molecular weight excluding hydrogens is 286 g/mol. The van der Waals surface area contributed by atoms with Gasteiger partial charge in [-0.05, 0) is 30.4 Å². The molecule has 1 unspecified atom stereocenters. The lowest BCUT2D eigenvalue weighted by Crippen LogP contribution is -2.47. The van der Waals surface area contributed by atoms with Crippen molar-refractivity contribution in [2.24, 2.45) is 0 Å². The molecule has 1 atom stereocenters. The molecule has 1 aromatic carbocycles. The summed E-state index contributed by atoms with van der Waals surface area (Å²) in [6.07, 6.45) is 2.19. The van der Waals surface area contributed by atoms with Crippen LogP contribution in [0.3, 0.4) is 0 Å². The molecule has 2 aliphatic rings. The number of hydroxylamine groups is 1. The van der Waals surface area contributed by atoms with Crippen molar-refractivity contribution in [2.45, 2.75) is 24.8 Å². The number of carbonyl (C=O) groups excluding carboxylic acids is 3. The van der Waals surface area contributed by atoms with Gasteiger partial charge in [0.1, 0.15) is 12.1 Å². The first-order valence-corrected chi connectivity index (χ1v) is 7.13. The molecule has 0 radical (unpaired) electrons. The van der Waals surface area contributed by atoms with Crippen LogP contribution in [0.2, 0.25) is 0 Å². The third-order valence-electron chi connectivity index (χ3n) is 4.56. The Balaban J connectivity index is 2.07. The van der Waals surface area contributed by atoms with Gasteiger partial charge in [0.15, 0.2) is 0 Å². The van der Waals surface area contributed by atoms with Crippen molar-refractivity contribution in [1.82, 2.24) is 15.3 Å². The number of likely N-dealkylation sites (N-methyl/N-ethyl adjacent to an activating group) is 1. The predicted octanol–water partition coefficient (Wildman–Crippen LogP) is 0.618. The molecule has 7 nitrogen and oxygen atoms in total. The molecule has 1 aromatic rings. The molecule has 2 N–H and O–H groups in total. The van der Waals surface area contributed by atoms with Gasteiger partial charge in [-0.1, -0.05) is 24.3 Å². The number of nitrogens with one attached hydrogen (secondary N) is 1. The minimum absolute atomic E-state index is 0.407. The van der Waals surface area contributed by atoms with Gasteiger partial charge in [0.05, 0.1) is 0 Å². The minimum atomic E-state index is -1.04. The Hall–Kier alpha value is -2.41. The Morgan fingerprint density at radius 3 is 2.82 bits per heavy atom. The van der Waals surface area contributed by atoms with Crippen LogP contribution in [0.5, 0.6) is 0 Å². The Bertz CT molecular complexity index is 660. The maximum Gasteiger partial charge on any atom is 0.328 e. The topological polar surface area (TPSA) is 90.0 Å². The first-order valence-electron chi connectivity index (χ1n) is 7.13. The molecule has 0 bridgehead atoms. The number of hydrogen-bond acceptors (Lipinski definition) is 4. The summed E-state index contributed by atoms with van der Waals surface area (Å²) in [7, 11) is 1.58. The van der Waals surface area contributed by atoms with Crippen molar-refractivity contribution in [3.05, 3.63) is 35.4 Å². The number of rotatable bonds is 2. The standard InChI is InChI=1S/C15H17N3O4/c1-17-14(21)18(9-12(19)16-22)13(20)15(17)8-4-6-10-5-2-3-7-11(10)15/h2-3,5,7,22H,4,6,8-9H2,1H3,(H,16,19). The average molecular weight is 303 g/mol. The lowest BCUT2D eigenvalue weighted by atomic mass is 9.75. The predicted molar refractivity (Wildman–Crippen MR) is 75.9 cm³/mol. The van der Waals surface area contributed by atoms with E-state index in [-0.39, 0.29) is 0 Å². The van der Waals surface area contributed by atoms with Crippen LogP contribution in [-0.4, -0.2) is 46.4 Å². The van der Waals surface area contributed by atoms with Crippen LogP contribution in [0.4, 0.5) is 4.79 Å². The van der Waals surface area contributed by atoms with Gasteiger partial charge in [-0.2, -0.15) is 0 Å². The number of fused-ring (bicyclic) bond motifs is 2. The van der Waals surface area contributed by atoms with Gasteiger partial charge in [-0.3, -0.25) is 19.7 Å². The fourth-order valence-electron chi connectivity index (χ4n) is 3.50. The second kappa shape index (κ2) is 5.10. The highest BCUT2D eigenvalue weighted by atomic mass is 16.5. The van der Waals surface area contributed by atoms with Gasteiger partial charge in [-0.25, -0.2) is 10.3 Å². The average Bonchev–Trinajstić information content (AvgIpc) is 2.71. The Morgan fingerprint density at radius 1 is 1.36 bits per heavy atom.